The molecule has 0 aliphatic carbocycles. The van der Waals surface area contributed by atoms with Crippen LogP contribution in [-0.2, 0) is 6.54 Å². The summed E-state index contributed by atoms with van der Waals surface area (Å²) in [6, 6.07) is 15.1. The van der Waals surface area contributed by atoms with Gasteiger partial charge in [-0.25, -0.2) is 0 Å². The zero-order valence-electron chi connectivity index (χ0n) is 14.3. The summed E-state index contributed by atoms with van der Waals surface area (Å²) in [6.45, 7) is 0.129. The fourth-order valence-electron chi connectivity index (χ4n) is 2.86. The summed E-state index contributed by atoms with van der Waals surface area (Å²) in [7, 11) is 0. The molecular formula is C19H13ClN4O4. The van der Waals surface area contributed by atoms with E-state index in [2.05, 4.69) is 15.5 Å². The number of aromatic nitrogens is 2. The first kappa shape index (κ1) is 17.7. The van der Waals surface area contributed by atoms with Crippen LogP contribution in [-0.4, -0.2) is 21.0 Å². The molecule has 2 N–H and O–H groups in total. The van der Waals surface area contributed by atoms with E-state index in [1.807, 2.05) is 18.2 Å². The van der Waals surface area contributed by atoms with E-state index in [0.29, 0.717) is 32.9 Å². The van der Waals surface area contributed by atoms with Crippen LogP contribution in [0.4, 0.5) is 5.69 Å². The summed E-state index contributed by atoms with van der Waals surface area (Å²) in [6.07, 6.45) is 0. The Bertz CT molecular complexity index is 1200. The van der Waals surface area contributed by atoms with Gasteiger partial charge in [0.05, 0.1) is 16.5 Å². The second-order valence-electron chi connectivity index (χ2n) is 6.03. The summed E-state index contributed by atoms with van der Waals surface area (Å²) in [5.74, 6) is 0.0869. The van der Waals surface area contributed by atoms with Gasteiger partial charge < -0.3 is 14.8 Å². The standard InChI is InChI=1S/C19H13ClN4O4/c20-14-6-2-1-5-13(14)17-9-12(23-28-17)10-21-19(25)15-8-11-4-3-7-16(24(26)27)18(11)22-15/h1-9,22H,10H2,(H,21,25). The van der Waals surface area contributed by atoms with E-state index in [1.165, 1.54) is 6.07 Å². The van der Waals surface area contributed by atoms with Crippen LogP contribution in [0.2, 0.25) is 5.02 Å². The number of hydrogen-bond acceptors (Lipinski definition) is 5. The first-order valence-corrected chi connectivity index (χ1v) is 8.65. The van der Waals surface area contributed by atoms with Crippen LogP contribution < -0.4 is 5.32 Å². The molecular weight excluding hydrogens is 384 g/mol. The molecule has 0 aliphatic rings. The summed E-state index contributed by atoms with van der Waals surface area (Å²) < 4.78 is 5.29. The number of carbonyl (C=O) groups is 1. The largest absolute Gasteiger partial charge is 0.356 e. The smallest absolute Gasteiger partial charge is 0.293 e. The van der Waals surface area contributed by atoms with Gasteiger partial charge in [0.2, 0.25) is 0 Å². The lowest BCUT2D eigenvalue weighted by molar-refractivity contribution is -0.383. The van der Waals surface area contributed by atoms with E-state index in [4.69, 9.17) is 16.1 Å². The van der Waals surface area contributed by atoms with Crippen molar-refractivity contribution in [2.45, 2.75) is 6.54 Å². The normalized spacial score (nSPS) is 10.9. The molecule has 0 unspecified atom stereocenters. The van der Waals surface area contributed by atoms with Crippen molar-refractivity contribution in [2.24, 2.45) is 0 Å². The highest BCUT2D eigenvalue weighted by molar-refractivity contribution is 6.33. The molecule has 1 amide bonds. The van der Waals surface area contributed by atoms with E-state index in [1.54, 1.807) is 30.3 Å². The number of amides is 1. The molecule has 0 fully saturated rings. The fourth-order valence-corrected chi connectivity index (χ4v) is 3.09. The van der Waals surface area contributed by atoms with Crippen LogP contribution in [0.5, 0.6) is 0 Å². The van der Waals surface area contributed by atoms with Crippen LogP contribution in [0.25, 0.3) is 22.2 Å². The average molecular weight is 397 g/mol. The lowest BCUT2D eigenvalue weighted by atomic mass is 10.1. The molecule has 2 aromatic carbocycles. The molecule has 0 radical (unpaired) electrons. The fraction of sp³-hybridized carbons (Fsp3) is 0.0526. The molecule has 140 valence electrons. The van der Waals surface area contributed by atoms with E-state index in [-0.39, 0.29) is 17.9 Å². The third-order valence-corrected chi connectivity index (χ3v) is 4.53. The maximum Gasteiger partial charge on any atom is 0.293 e. The second-order valence-corrected chi connectivity index (χ2v) is 6.43. The lowest BCUT2D eigenvalue weighted by Crippen LogP contribution is -2.23. The minimum absolute atomic E-state index is 0.0857. The number of hydrogen-bond donors (Lipinski definition) is 2. The predicted octanol–water partition coefficient (Wildman–Crippen LogP) is 4.31. The topological polar surface area (TPSA) is 114 Å². The van der Waals surface area contributed by atoms with Gasteiger partial charge in [-0.15, -0.1) is 0 Å². The van der Waals surface area contributed by atoms with Crippen LogP contribution >= 0.6 is 11.6 Å². The molecule has 0 spiro atoms. The Hall–Kier alpha value is -3.65. The first-order chi connectivity index (χ1) is 13.5. The molecule has 8 nitrogen and oxygen atoms in total. The number of benzene rings is 2. The number of para-hydroxylation sites is 1. The second kappa shape index (κ2) is 7.16. The minimum atomic E-state index is -0.494. The van der Waals surface area contributed by atoms with Gasteiger partial charge in [0.25, 0.3) is 11.6 Å². The monoisotopic (exact) mass is 396 g/mol. The number of nitro benzene ring substituents is 1. The van der Waals surface area contributed by atoms with Crippen molar-refractivity contribution in [1.82, 2.24) is 15.5 Å². The quantitative estimate of drug-likeness (QED) is 0.385. The Morgan fingerprint density at radius 3 is 2.82 bits per heavy atom. The van der Waals surface area contributed by atoms with Crippen molar-refractivity contribution in [3.63, 3.8) is 0 Å². The number of nitrogens with one attached hydrogen (secondary N) is 2. The van der Waals surface area contributed by atoms with Gasteiger partial charge in [0.15, 0.2) is 5.76 Å². The summed E-state index contributed by atoms with van der Waals surface area (Å²) in [5, 5.41) is 18.9. The van der Waals surface area contributed by atoms with Crippen molar-refractivity contribution in [1.29, 1.82) is 0 Å². The van der Waals surface area contributed by atoms with Crippen molar-refractivity contribution < 1.29 is 14.2 Å². The highest BCUT2D eigenvalue weighted by atomic mass is 35.5. The maximum absolute atomic E-state index is 12.4. The van der Waals surface area contributed by atoms with E-state index in [9.17, 15) is 14.9 Å². The molecule has 4 rings (SSSR count). The summed E-state index contributed by atoms with van der Waals surface area (Å²) >= 11 is 6.14. The molecule has 0 aliphatic heterocycles. The van der Waals surface area contributed by atoms with Crippen molar-refractivity contribution >= 4 is 34.1 Å². The highest BCUT2D eigenvalue weighted by Gasteiger charge is 2.17. The third kappa shape index (κ3) is 3.33. The van der Waals surface area contributed by atoms with Gasteiger partial charge in [-0.2, -0.15) is 0 Å². The number of non-ortho nitro benzene ring substituents is 1. The van der Waals surface area contributed by atoms with Gasteiger partial charge in [0.1, 0.15) is 16.9 Å². The number of nitro groups is 1. The zero-order chi connectivity index (χ0) is 19.7. The average Bonchev–Trinajstić information content (AvgIpc) is 3.33. The van der Waals surface area contributed by atoms with Crippen molar-refractivity contribution in [3.8, 4) is 11.3 Å². The van der Waals surface area contributed by atoms with E-state index in [0.717, 1.165) is 0 Å². The molecule has 9 heteroatoms. The Morgan fingerprint density at radius 1 is 1.21 bits per heavy atom. The molecule has 2 aromatic heterocycles. The summed E-state index contributed by atoms with van der Waals surface area (Å²) in [5.41, 5.74) is 1.67. The van der Waals surface area contributed by atoms with Gasteiger partial charge in [-0.05, 0) is 18.2 Å². The molecule has 0 bridgehead atoms. The number of nitrogens with zero attached hydrogens (tertiary/aromatic N) is 2. The van der Waals surface area contributed by atoms with Crippen LogP contribution in [0.3, 0.4) is 0 Å². The first-order valence-electron chi connectivity index (χ1n) is 8.28. The highest BCUT2D eigenvalue weighted by Crippen LogP contribution is 2.28. The number of rotatable bonds is 5. The minimum Gasteiger partial charge on any atom is -0.356 e. The van der Waals surface area contributed by atoms with E-state index >= 15 is 0 Å². The Balaban J connectivity index is 1.49. The number of aromatic amines is 1. The maximum atomic E-state index is 12.4. The zero-order valence-corrected chi connectivity index (χ0v) is 15.1. The van der Waals surface area contributed by atoms with Gasteiger partial charge in [0, 0.05) is 23.1 Å². The molecule has 0 saturated heterocycles. The molecule has 0 atom stereocenters. The Morgan fingerprint density at radius 2 is 2.04 bits per heavy atom. The van der Waals surface area contributed by atoms with Crippen LogP contribution in [0.1, 0.15) is 16.2 Å². The van der Waals surface area contributed by atoms with Gasteiger partial charge in [-0.1, -0.05) is 41.0 Å². The SMILES string of the molecule is O=C(NCc1cc(-c2ccccc2Cl)on1)c1cc2cccc([N+](=O)[O-])c2[nH]1. The van der Waals surface area contributed by atoms with Gasteiger partial charge in [-0.3, -0.25) is 14.9 Å². The molecule has 2 heterocycles. The van der Waals surface area contributed by atoms with E-state index < -0.39 is 10.8 Å². The van der Waals surface area contributed by atoms with Crippen molar-refractivity contribution in [3.05, 3.63) is 81.1 Å². The Labute approximate surface area is 163 Å². The number of fused-ring (bicyclic) bond motifs is 1. The van der Waals surface area contributed by atoms with Crippen molar-refractivity contribution in [2.75, 3.05) is 0 Å². The third-order valence-electron chi connectivity index (χ3n) is 4.20. The number of halogens is 1. The summed E-state index contributed by atoms with van der Waals surface area (Å²) in [4.78, 5) is 25.8. The van der Waals surface area contributed by atoms with Crippen LogP contribution in [0, 0.1) is 10.1 Å². The predicted molar refractivity (Wildman–Crippen MR) is 103 cm³/mol. The Kier molecular flexibility index (Phi) is 4.54. The number of carbonyl (C=O) groups excluding carboxylic acids is 1. The van der Waals surface area contributed by atoms with Crippen LogP contribution in [0.15, 0.2) is 59.1 Å². The molecule has 0 saturated carbocycles. The lowest BCUT2D eigenvalue weighted by Gasteiger charge is -2.00. The molecule has 28 heavy (non-hydrogen) atoms. The number of H-pyrrole nitrogens is 1. The van der Waals surface area contributed by atoms with Gasteiger partial charge >= 0.3 is 0 Å². The molecule has 4 aromatic rings.